The molecule has 0 fully saturated rings. The van der Waals surface area contributed by atoms with Crippen molar-refractivity contribution in [1.29, 1.82) is 0 Å². The molecule has 3 aromatic rings. The number of carboxylic acids is 2. The third-order valence-electron chi connectivity index (χ3n) is 3.23. The molecule has 0 unspecified atom stereocenters. The molecule has 3 N–H and O–H groups in total. The van der Waals surface area contributed by atoms with Gasteiger partial charge in [0.2, 0.25) is 0 Å². The number of hydrogen-bond acceptors (Lipinski definition) is 4. The van der Waals surface area contributed by atoms with Gasteiger partial charge in [0, 0.05) is 5.75 Å². The molecule has 0 radical (unpaired) electrons. The molecule has 0 atom stereocenters. The smallest absolute Gasteiger partial charge is 0.335 e. The van der Waals surface area contributed by atoms with Gasteiger partial charge in [-0.3, -0.25) is 0 Å². The standard InChI is InChI=1S/C16H12N2O4S/c19-14(20)10-5-9(6-11(7-10)15(21)22)8-23-16-17-12-3-1-2-4-13(12)18-16/h1-7H,8H2,(H,17,18)(H,19,20)(H,21,22). The van der Waals surface area contributed by atoms with E-state index in [-0.39, 0.29) is 11.1 Å². The van der Waals surface area contributed by atoms with E-state index in [9.17, 15) is 9.59 Å². The summed E-state index contributed by atoms with van der Waals surface area (Å²) >= 11 is 1.39. The molecular weight excluding hydrogens is 316 g/mol. The number of nitrogens with zero attached hydrogens (tertiary/aromatic N) is 1. The van der Waals surface area contributed by atoms with E-state index in [1.165, 1.54) is 23.9 Å². The topological polar surface area (TPSA) is 103 Å². The Morgan fingerprint density at radius 1 is 1.04 bits per heavy atom. The molecular formula is C16H12N2O4S. The summed E-state index contributed by atoms with van der Waals surface area (Å²) in [5.41, 5.74) is 2.31. The summed E-state index contributed by atoms with van der Waals surface area (Å²) in [6, 6.07) is 11.7. The Morgan fingerprint density at radius 2 is 1.70 bits per heavy atom. The molecule has 2 aromatic carbocycles. The van der Waals surface area contributed by atoms with Gasteiger partial charge in [-0.1, -0.05) is 23.9 Å². The predicted octanol–water partition coefficient (Wildman–Crippen LogP) is 3.25. The van der Waals surface area contributed by atoms with E-state index in [0.717, 1.165) is 17.1 Å². The van der Waals surface area contributed by atoms with Crippen LogP contribution in [0, 0.1) is 0 Å². The zero-order valence-corrected chi connectivity index (χ0v) is 12.6. The number of thioether (sulfide) groups is 1. The second kappa shape index (κ2) is 6.13. The molecule has 0 saturated heterocycles. The van der Waals surface area contributed by atoms with Crippen LogP contribution in [0.5, 0.6) is 0 Å². The van der Waals surface area contributed by atoms with Gasteiger partial charge in [0.1, 0.15) is 0 Å². The molecule has 0 amide bonds. The molecule has 6 nitrogen and oxygen atoms in total. The predicted molar refractivity (Wildman–Crippen MR) is 86.0 cm³/mol. The molecule has 1 heterocycles. The van der Waals surface area contributed by atoms with Crippen molar-refractivity contribution in [3.63, 3.8) is 0 Å². The molecule has 0 aliphatic heterocycles. The Hall–Kier alpha value is -2.80. The number of nitrogens with one attached hydrogen (secondary N) is 1. The summed E-state index contributed by atoms with van der Waals surface area (Å²) in [7, 11) is 0. The molecule has 1 aromatic heterocycles. The zero-order chi connectivity index (χ0) is 16.4. The van der Waals surface area contributed by atoms with Crippen molar-refractivity contribution < 1.29 is 19.8 Å². The second-order valence-corrected chi connectivity index (χ2v) is 5.84. The van der Waals surface area contributed by atoms with Crippen molar-refractivity contribution in [1.82, 2.24) is 9.97 Å². The zero-order valence-electron chi connectivity index (χ0n) is 11.8. The summed E-state index contributed by atoms with van der Waals surface area (Å²) in [5, 5.41) is 18.9. The molecule has 0 spiro atoms. The van der Waals surface area contributed by atoms with Crippen molar-refractivity contribution in [2.45, 2.75) is 10.9 Å². The highest BCUT2D eigenvalue weighted by Gasteiger charge is 2.12. The van der Waals surface area contributed by atoms with Gasteiger partial charge in [0.05, 0.1) is 22.2 Å². The van der Waals surface area contributed by atoms with E-state index < -0.39 is 11.9 Å². The van der Waals surface area contributed by atoms with Crippen molar-refractivity contribution >= 4 is 34.7 Å². The summed E-state index contributed by atoms with van der Waals surface area (Å²) in [4.78, 5) is 29.8. The number of H-pyrrole nitrogens is 1. The van der Waals surface area contributed by atoms with Crippen LogP contribution in [0.25, 0.3) is 11.0 Å². The van der Waals surface area contributed by atoms with Gasteiger partial charge in [-0.15, -0.1) is 0 Å². The Balaban J connectivity index is 1.84. The van der Waals surface area contributed by atoms with Crippen LogP contribution in [0.3, 0.4) is 0 Å². The quantitative estimate of drug-likeness (QED) is 0.621. The first-order valence-electron chi connectivity index (χ1n) is 6.71. The first-order chi connectivity index (χ1) is 11.0. The minimum atomic E-state index is -1.15. The second-order valence-electron chi connectivity index (χ2n) is 4.88. The van der Waals surface area contributed by atoms with Gasteiger partial charge in [0.25, 0.3) is 0 Å². The minimum absolute atomic E-state index is 0.0369. The maximum absolute atomic E-state index is 11.1. The number of para-hydroxylation sites is 2. The van der Waals surface area contributed by atoms with Crippen molar-refractivity contribution in [2.75, 3.05) is 0 Å². The average Bonchev–Trinajstić information content (AvgIpc) is 2.95. The fourth-order valence-corrected chi connectivity index (χ4v) is 2.99. The number of aromatic nitrogens is 2. The fraction of sp³-hybridized carbons (Fsp3) is 0.0625. The van der Waals surface area contributed by atoms with E-state index in [1.54, 1.807) is 0 Å². The van der Waals surface area contributed by atoms with Crippen LogP contribution in [0.4, 0.5) is 0 Å². The third-order valence-corrected chi connectivity index (χ3v) is 4.17. The van der Waals surface area contributed by atoms with Crippen LogP contribution >= 0.6 is 11.8 Å². The maximum Gasteiger partial charge on any atom is 0.335 e. The van der Waals surface area contributed by atoms with E-state index in [4.69, 9.17) is 10.2 Å². The highest BCUT2D eigenvalue weighted by atomic mass is 32.2. The van der Waals surface area contributed by atoms with Crippen molar-refractivity contribution in [3.05, 3.63) is 59.2 Å². The summed E-state index contributed by atoms with van der Waals surface area (Å²) in [6.45, 7) is 0. The van der Waals surface area contributed by atoms with Gasteiger partial charge in [-0.2, -0.15) is 0 Å². The van der Waals surface area contributed by atoms with Gasteiger partial charge < -0.3 is 15.2 Å². The Kier molecular flexibility index (Phi) is 4.03. The van der Waals surface area contributed by atoms with E-state index in [2.05, 4.69) is 9.97 Å². The van der Waals surface area contributed by atoms with Crippen LogP contribution in [0.1, 0.15) is 26.3 Å². The number of carbonyl (C=O) groups is 2. The lowest BCUT2D eigenvalue weighted by Crippen LogP contribution is -2.03. The number of rotatable bonds is 5. The molecule has 3 rings (SSSR count). The fourth-order valence-electron chi connectivity index (χ4n) is 2.17. The number of hydrogen-bond donors (Lipinski definition) is 3. The number of benzene rings is 2. The molecule has 0 saturated carbocycles. The van der Waals surface area contributed by atoms with Gasteiger partial charge in [-0.05, 0) is 35.9 Å². The lowest BCUT2D eigenvalue weighted by Gasteiger charge is -2.04. The van der Waals surface area contributed by atoms with Crippen LogP contribution in [0.15, 0.2) is 47.6 Å². The van der Waals surface area contributed by atoms with Crippen LogP contribution < -0.4 is 0 Å². The third kappa shape index (κ3) is 3.35. The van der Waals surface area contributed by atoms with Crippen molar-refractivity contribution in [3.8, 4) is 0 Å². The minimum Gasteiger partial charge on any atom is -0.478 e. The lowest BCUT2D eigenvalue weighted by atomic mass is 10.1. The van der Waals surface area contributed by atoms with E-state index in [1.807, 2.05) is 24.3 Å². The largest absolute Gasteiger partial charge is 0.478 e. The summed E-state index contributed by atoms with van der Waals surface area (Å²) in [5.74, 6) is -1.88. The first kappa shape index (κ1) is 15.1. The highest BCUT2D eigenvalue weighted by molar-refractivity contribution is 7.98. The first-order valence-corrected chi connectivity index (χ1v) is 7.69. The monoisotopic (exact) mass is 328 g/mol. The molecule has 0 bridgehead atoms. The Labute approximate surface area is 135 Å². The van der Waals surface area contributed by atoms with E-state index in [0.29, 0.717) is 16.5 Å². The normalized spacial score (nSPS) is 10.8. The van der Waals surface area contributed by atoms with Crippen molar-refractivity contribution in [2.24, 2.45) is 0 Å². The number of aromatic carboxylic acids is 2. The summed E-state index contributed by atoms with van der Waals surface area (Å²) in [6.07, 6.45) is 0. The Morgan fingerprint density at radius 3 is 2.30 bits per heavy atom. The Bertz CT molecular complexity index is 839. The van der Waals surface area contributed by atoms with Gasteiger partial charge >= 0.3 is 11.9 Å². The highest BCUT2D eigenvalue weighted by Crippen LogP contribution is 2.24. The SMILES string of the molecule is O=C(O)c1cc(CSc2nc3ccccc3[nH]2)cc(C(=O)O)c1. The summed E-state index contributed by atoms with van der Waals surface area (Å²) < 4.78 is 0. The number of carboxylic acid groups (broad SMARTS) is 2. The lowest BCUT2D eigenvalue weighted by molar-refractivity contribution is 0.0696. The number of aromatic amines is 1. The average molecular weight is 328 g/mol. The van der Waals surface area contributed by atoms with E-state index >= 15 is 0 Å². The molecule has 0 aliphatic carbocycles. The van der Waals surface area contributed by atoms with Crippen LogP contribution in [-0.4, -0.2) is 32.1 Å². The van der Waals surface area contributed by atoms with Crippen LogP contribution in [-0.2, 0) is 5.75 Å². The molecule has 0 aliphatic rings. The maximum atomic E-state index is 11.1. The molecule has 7 heteroatoms. The van der Waals surface area contributed by atoms with Crippen LogP contribution in [0.2, 0.25) is 0 Å². The molecule has 116 valence electrons. The van der Waals surface area contributed by atoms with Gasteiger partial charge in [-0.25, -0.2) is 14.6 Å². The number of fused-ring (bicyclic) bond motifs is 1. The number of imidazole rings is 1. The molecule has 23 heavy (non-hydrogen) atoms. The van der Waals surface area contributed by atoms with Gasteiger partial charge in [0.15, 0.2) is 5.16 Å².